The lowest BCUT2D eigenvalue weighted by Gasteiger charge is -2.31. The number of hydrogen-bond acceptors (Lipinski definition) is 3. The van der Waals surface area contributed by atoms with Gasteiger partial charge in [0.25, 0.3) is 0 Å². The molecule has 3 rings (SSSR count). The van der Waals surface area contributed by atoms with E-state index in [2.05, 4.69) is 10.6 Å². The van der Waals surface area contributed by atoms with E-state index in [4.69, 9.17) is 4.74 Å². The van der Waals surface area contributed by atoms with Gasteiger partial charge in [0.1, 0.15) is 5.75 Å². The number of anilines is 1. The third-order valence-electron chi connectivity index (χ3n) is 4.95. The van der Waals surface area contributed by atoms with Gasteiger partial charge in [0.05, 0.1) is 0 Å². The zero-order chi connectivity index (χ0) is 22.3. The van der Waals surface area contributed by atoms with Crippen LogP contribution in [-0.4, -0.2) is 42.7 Å². The van der Waals surface area contributed by atoms with Crippen LogP contribution in [0.3, 0.4) is 0 Å². The Hall–Kier alpha value is -3.23. The summed E-state index contributed by atoms with van der Waals surface area (Å²) in [5, 5.41) is 5.65. The van der Waals surface area contributed by atoms with E-state index >= 15 is 0 Å². The summed E-state index contributed by atoms with van der Waals surface area (Å²) in [5.41, 5.74) is 1.36. The van der Waals surface area contributed by atoms with Crippen LogP contribution in [0.15, 0.2) is 54.6 Å². The number of ether oxygens (including phenoxy) is 1. The first-order chi connectivity index (χ1) is 14.8. The first-order valence-corrected chi connectivity index (χ1v) is 9.97. The molecule has 3 amide bonds. The summed E-state index contributed by atoms with van der Waals surface area (Å²) in [6, 6.07) is 15.2. The molecule has 2 aromatic rings. The Morgan fingerprint density at radius 2 is 1.74 bits per heavy atom. The van der Waals surface area contributed by atoms with E-state index in [1.807, 2.05) is 18.2 Å². The van der Waals surface area contributed by atoms with E-state index in [9.17, 15) is 22.8 Å². The molecule has 0 saturated carbocycles. The van der Waals surface area contributed by atoms with Gasteiger partial charge in [-0.05, 0) is 42.7 Å². The highest BCUT2D eigenvalue weighted by Crippen LogP contribution is 2.21. The zero-order valence-corrected chi connectivity index (χ0v) is 16.8. The van der Waals surface area contributed by atoms with Gasteiger partial charge in [0, 0.05) is 31.2 Å². The van der Waals surface area contributed by atoms with E-state index in [1.165, 1.54) is 12.1 Å². The third kappa shape index (κ3) is 7.20. The van der Waals surface area contributed by atoms with Crippen molar-refractivity contribution < 1.29 is 27.5 Å². The lowest BCUT2D eigenvalue weighted by Crippen LogP contribution is -2.44. The number of piperidine rings is 1. The molecule has 31 heavy (non-hydrogen) atoms. The summed E-state index contributed by atoms with van der Waals surface area (Å²) < 4.78 is 41.6. The van der Waals surface area contributed by atoms with E-state index in [-0.39, 0.29) is 30.2 Å². The standard InChI is InChI=1S/C22H24F3N3O3/c23-22(24,25)15-31-19-8-4-5-16(13-19)14-26-20(29)17-9-11-28(12-10-17)21(30)27-18-6-2-1-3-7-18/h1-8,13,17H,9-12,14-15H2,(H,26,29)(H,27,30). The number of hydrogen-bond donors (Lipinski definition) is 2. The highest BCUT2D eigenvalue weighted by Gasteiger charge is 2.29. The van der Waals surface area contributed by atoms with Gasteiger partial charge in [-0.3, -0.25) is 4.79 Å². The molecule has 0 unspecified atom stereocenters. The lowest BCUT2D eigenvalue weighted by molar-refractivity contribution is -0.153. The monoisotopic (exact) mass is 435 g/mol. The van der Waals surface area contributed by atoms with E-state index in [0.29, 0.717) is 37.2 Å². The number of alkyl halides is 3. The fourth-order valence-corrected chi connectivity index (χ4v) is 3.31. The minimum absolute atomic E-state index is 0.0989. The number of halogens is 3. The maximum absolute atomic E-state index is 12.5. The molecule has 1 aliphatic heterocycles. The van der Waals surface area contributed by atoms with Crippen molar-refractivity contribution in [2.45, 2.75) is 25.6 Å². The summed E-state index contributed by atoms with van der Waals surface area (Å²) in [7, 11) is 0. The molecule has 6 nitrogen and oxygen atoms in total. The number of urea groups is 1. The van der Waals surface area contributed by atoms with Gasteiger partial charge < -0.3 is 20.3 Å². The molecule has 1 aliphatic rings. The molecule has 0 atom stereocenters. The van der Waals surface area contributed by atoms with Gasteiger partial charge in [-0.15, -0.1) is 0 Å². The van der Waals surface area contributed by atoms with Crippen molar-refractivity contribution in [3.8, 4) is 5.75 Å². The molecule has 1 fully saturated rings. The fraction of sp³-hybridized carbons (Fsp3) is 0.364. The zero-order valence-electron chi connectivity index (χ0n) is 16.8. The number of likely N-dealkylation sites (tertiary alicyclic amines) is 1. The van der Waals surface area contributed by atoms with Crippen molar-refractivity contribution in [2.75, 3.05) is 25.0 Å². The van der Waals surface area contributed by atoms with E-state index in [0.717, 1.165) is 0 Å². The van der Waals surface area contributed by atoms with Crippen molar-refractivity contribution in [2.24, 2.45) is 5.92 Å². The Morgan fingerprint density at radius 3 is 2.42 bits per heavy atom. The first kappa shape index (κ1) is 22.5. The van der Waals surface area contributed by atoms with Crippen molar-refractivity contribution in [1.29, 1.82) is 0 Å². The number of amides is 3. The number of carbonyl (C=O) groups is 2. The Bertz CT molecular complexity index is 882. The van der Waals surface area contributed by atoms with Crippen LogP contribution in [0.4, 0.5) is 23.7 Å². The highest BCUT2D eigenvalue weighted by atomic mass is 19.4. The molecule has 0 spiro atoms. The second-order valence-electron chi connectivity index (χ2n) is 7.33. The molecular weight excluding hydrogens is 411 g/mol. The maximum atomic E-state index is 12.5. The third-order valence-corrected chi connectivity index (χ3v) is 4.95. The van der Waals surface area contributed by atoms with Crippen LogP contribution in [-0.2, 0) is 11.3 Å². The second kappa shape index (κ2) is 10.2. The van der Waals surface area contributed by atoms with Gasteiger partial charge in [-0.2, -0.15) is 13.2 Å². The Kier molecular flexibility index (Phi) is 7.38. The first-order valence-electron chi connectivity index (χ1n) is 9.97. The molecule has 166 valence electrons. The smallest absolute Gasteiger partial charge is 0.422 e. The quantitative estimate of drug-likeness (QED) is 0.715. The second-order valence-corrected chi connectivity index (χ2v) is 7.33. The van der Waals surface area contributed by atoms with Gasteiger partial charge in [-0.1, -0.05) is 30.3 Å². The molecular formula is C22H24F3N3O3. The SMILES string of the molecule is O=C(NCc1cccc(OCC(F)(F)F)c1)C1CCN(C(=O)Nc2ccccc2)CC1. The molecule has 1 saturated heterocycles. The molecule has 9 heteroatoms. The molecule has 0 aromatic heterocycles. The van der Waals surface area contributed by atoms with Crippen LogP contribution >= 0.6 is 0 Å². The van der Waals surface area contributed by atoms with E-state index in [1.54, 1.807) is 29.2 Å². The van der Waals surface area contributed by atoms with Gasteiger partial charge >= 0.3 is 12.2 Å². The summed E-state index contributed by atoms with van der Waals surface area (Å²) in [4.78, 5) is 26.5. The van der Waals surface area contributed by atoms with Crippen molar-refractivity contribution in [3.63, 3.8) is 0 Å². The number of benzene rings is 2. The fourth-order valence-electron chi connectivity index (χ4n) is 3.31. The Balaban J connectivity index is 1.42. The molecule has 2 N–H and O–H groups in total. The number of nitrogens with zero attached hydrogens (tertiary/aromatic N) is 1. The molecule has 0 radical (unpaired) electrons. The van der Waals surface area contributed by atoms with Crippen LogP contribution in [0.5, 0.6) is 5.75 Å². The van der Waals surface area contributed by atoms with Crippen molar-refractivity contribution in [1.82, 2.24) is 10.2 Å². The van der Waals surface area contributed by atoms with Crippen LogP contribution in [0.1, 0.15) is 18.4 Å². The molecule has 0 bridgehead atoms. The average Bonchev–Trinajstić information content (AvgIpc) is 2.77. The van der Waals surface area contributed by atoms with Gasteiger partial charge in [-0.25, -0.2) is 4.79 Å². The number of rotatable bonds is 6. The molecule has 2 aromatic carbocycles. The molecule has 1 heterocycles. The summed E-state index contributed by atoms with van der Waals surface area (Å²) in [5.74, 6) is -0.253. The maximum Gasteiger partial charge on any atom is 0.422 e. The normalized spacial score (nSPS) is 14.7. The number of carbonyl (C=O) groups excluding carboxylic acids is 2. The predicted molar refractivity (Wildman–Crippen MR) is 110 cm³/mol. The van der Waals surface area contributed by atoms with Crippen molar-refractivity contribution >= 4 is 17.6 Å². The Morgan fingerprint density at radius 1 is 1.03 bits per heavy atom. The summed E-state index contributed by atoms with van der Waals surface area (Å²) in [6.45, 7) is -0.231. The van der Waals surface area contributed by atoms with Crippen LogP contribution in [0.2, 0.25) is 0 Å². The highest BCUT2D eigenvalue weighted by molar-refractivity contribution is 5.89. The topological polar surface area (TPSA) is 70.7 Å². The van der Waals surface area contributed by atoms with Crippen LogP contribution in [0, 0.1) is 5.92 Å². The van der Waals surface area contributed by atoms with Gasteiger partial charge in [0.2, 0.25) is 5.91 Å². The molecule has 0 aliphatic carbocycles. The van der Waals surface area contributed by atoms with Crippen LogP contribution in [0.25, 0.3) is 0 Å². The summed E-state index contributed by atoms with van der Waals surface area (Å²) in [6.07, 6.45) is -3.32. The van der Waals surface area contributed by atoms with Crippen molar-refractivity contribution in [3.05, 3.63) is 60.2 Å². The lowest BCUT2D eigenvalue weighted by atomic mass is 9.96. The Labute approximate surface area is 178 Å². The van der Waals surface area contributed by atoms with Gasteiger partial charge in [0.15, 0.2) is 6.61 Å². The van der Waals surface area contributed by atoms with E-state index < -0.39 is 12.8 Å². The average molecular weight is 435 g/mol. The summed E-state index contributed by atoms with van der Waals surface area (Å²) >= 11 is 0. The van der Waals surface area contributed by atoms with Crippen LogP contribution < -0.4 is 15.4 Å². The predicted octanol–water partition coefficient (Wildman–Crippen LogP) is 4.19. The number of para-hydroxylation sites is 1. The largest absolute Gasteiger partial charge is 0.484 e. The minimum atomic E-state index is -4.41. The minimum Gasteiger partial charge on any atom is -0.484 e. The number of nitrogens with one attached hydrogen (secondary N) is 2.